The highest BCUT2D eigenvalue weighted by Crippen LogP contribution is 2.43. The topological polar surface area (TPSA) is 112 Å². The molecule has 0 fully saturated rings. The van der Waals surface area contributed by atoms with E-state index in [1.54, 1.807) is 18.6 Å². The Bertz CT molecular complexity index is 4430. The summed E-state index contributed by atoms with van der Waals surface area (Å²) in [6.45, 7) is 0. The van der Waals surface area contributed by atoms with Gasteiger partial charge >= 0.3 is 0 Å². The Labute approximate surface area is 467 Å². The van der Waals surface area contributed by atoms with Gasteiger partial charge in [-0.05, 0) is 93.2 Å². The Morgan fingerprint density at radius 1 is 0.235 bits per heavy atom. The number of aromatic nitrogens is 8. The fourth-order valence-electron chi connectivity index (χ4n) is 10.4. The molecule has 9 heteroatoms. The van der Waals surface area contributed by atoms with Gasteiger partial charge in [0, 0.05) is 86.3 Å². The number of benzene rings is 9. The van der Waals surface area contributed by atoms with Crippen molar-refractivity contribution in [2.45, 2.75) is 0 Å². The zero-order valence-corrected chi connectivity index (χ0v) is 43.5. The number of nitrogens with zero attached hydrogens (tertiary/aromatic N) is 8. The Kier molecular flexibility index (Phi) is 12.7. The smallest absolute Gasteiger partial charge is 0.164 e. The molecule has 0 aliphatic rings. The van der Waals surface area contributed by atoms with Crippen LogP contribution in [0.25, 0.3) is 134 Å². The van der Waals surface area contributed by atoms with E-state index < -0.39 is 0 Å². The molecule has 0 amide bonds. The number of pyridine rings is 3. The van der Waals surface area contributed by atoms with Gasteiger partial charge in [0.25, 0.3) is 0 Å². The van der Waals surface area contributed by atoms with Gasteiger partial charge in [0.1, 0.15) is 11.5 Å². The summed E-state index contributed by atoms with van der Waals surface area (Å²) in [5.74, 6) is 3.35. The van der Waals surface area contributed by atoms with Crippen molar-refractivity contribution in [3.63, 3.8) is 0 Å². The first-order valence-corrected chi connectivity index (χ1v) is 26.7. The maximum absolute atomic E-state index is 6.96. The molecular weight excluding hydrogens is 993 g/mol. The largest absolute Gasteiger partial charge is 0.457 e. The summed E-state index contributed by atoms with van der Waals surface area (Å²) in [5.41, 5.74) is 14.6. The zero-order valence-electron chi connectivity index (χ0n) is 43.5. The Balaban J connectivity index is 0.911. The Morgan fingerprint density at radius 2 is 0.691 bits per heavy atom. The molecule has 0 radical (unpaired) electrons. The van der Waals surface area contributed by atoms with Crippen molar-refractivity contribution >= 4 is 21.5 Å². The van der Waals surface area contributed by atoms with Crippen LogP contribution in [0.4, 0.5) is 0 Å². The zero-order chi connectivity index (χ0) is 53.9. The number of ether oxygens (including phenoxy) is 1. The number of rotatable bonds is 12. The fourth-order valence-corrected chi connectivity index (χ4v) is 10.4. The van der Waals surface area contributed by atoms with Gasteiger partial charge in [0.2, 0.25) is 0 Å². The van der Waals surface area contributed by atoms with Gasteiger partial charge in [-0.25, -0.2) is 24.9 Å². The SMILES string of the molecule is c1ccc(-c2cccc(Oc3cc(-c4ncccn4)ccc3-c3ccccc3-c3nc(-c4ccccc4-c4ccc(-c5cc6ccccc6cn5)cc4)nc(-c4ccccc4-c4ccc(-c5cc6ccccc6cn5)cc4)n3)c2)nc1. The third-order valence-corrected chi connectivity index (χ3v) is 14.5. The summed E-state index contributed by atoms with van der Waals surface area (Å²) in [7, 11) is 0. The van der Waals surface area contributed by atoms with Gasteiger partial charge < -0.3 is 4.74 Å². The van der Waals surface area contributed by atoms with E-state index in [-0.39, 0.29) is 0 Å². The van der Waals surface area contributed by atoms with Gasteiger partial charge in [0.15, 0.2) is 23.3 Å². The number of hydrogen-bond acceptors (Lipinski definition) is 9. The van der Waals surface area contributed by atoms with Crippen molar-refractivity contribution in [1.29, 1.82) is 0 Å². The second kappa shape index (κ2) is 21.3. The summed E-state index contributed by atoms with van der Waals surface area (Å²) in [6.07, 6.45) is 9.15. The van der Waals surface area contributed by atoms with E-state index in [0.717, 1.165) is 111 Å². The lowest BCUT2D eigenvalue weighted by atomic mass is 9.95. The van der Waals surface area contributed by atoms with Gasteiger partial charge in [0.05, 0.1) is 17.1 Å². The van der Waals surface area contributed by atoms with E-state index in [0.29, 0.717) is 34.8 Å². The summed E-state index contributed by atoms with van der Waals surface area (Å²) < 4.78 is 6.96. The van der Waals surface area contributed by atoms with Gasteiger partial charge in [-0.1, -0.05) is 194 Å². The highest BCUT2D eigenvalue weighted by atomic mass is 16.5. The van der Waals surface area contributed by atoms with Crippen LogP contribution in [0, 0.1) is 0 Å². The van der Waals surface area contributed by atoms with E-state index in [1.165, 1.54) is 0 Å². The molecule has 9 nitrogen and oxygen atoms in total. The maximum atomic E-state index is 6.96. The lowest BCUT2D eigenvalue weighted by molar-refractivity contribution is 0.485. The van der Waals surface area contributed by atoms with Crippen molar-refractivity contribution in [3.05, 3.63) is 280 Å². The molecule has 0 atom stereocenters. The minimum Gasteiger partial charge on any atom is -0.457 e. The molecule has 9 aromatic carbocycles. The predicted molar refractivity (Wildman–Crippen MR) is 325 cm³/mol. The maximum Gasteiger partial charge on any atom is 0.164 e. The third kappa shape index (κ3) is 9.83. The Morgan fingerprint density at radius 3 is 1.23 bits per heavy atom. The molecule has 14 aromatic rings. The molecule has 81 heavy (non-hydrogen) atoms. The highest BCUT2D eigenvalue weighted by Gasteiger charge is 2.22. The van der Waals surface area contributed by atoms with Crippen LogP contribution >= 0.6 is 0 Å². The Hall–Kier alpha value is -11.2. The van der Waals surface area contributed by atoms with Crippen LogP contribution in [0.15, 0.2) is 280 Å². The summed E-state index contributed by atoms with van der Waals surface area (Å²) >= 11 is 0. The molecule has 0 unspecified atom stereocenters. The quantitative estimate of drug-likeness (QED) is 0.118. The first kappa shape index (κ1) is 48.2. The summed E-state index contributed by atoms with van der Waals surface area (Å²) in [4.78, 5) is 39.8. The molecule has 0 saturated carbocycles. The number of hydrogen-bond donors (Lipinski definition) is 0. The van der Waals surface area contributed by atoms with Crippen LogP contribution in [-0.4, -0.2) is 39.9 Å². The van der Waals surface area contributed by atoms with Crippen molar-refractivity contribution in [3.8, 4) is 124 Å². The molecule has 5 aromatic heterocycles. The predicted octanol–water partition coefficient (Wildman–Crippen LogP) is 17.6. The second-order valence-electron chi connectivity index (χ2n) is 19.6. The highest BCUT2D eigenvalue weighted by molar-refractivity contribution is 5.91. The number of fused-ring (bicyclic) bond motifs is 2. The monoisotopic (exact) mass is 1040 g/mol. The molecule has 0 bridgehead atoms. The average molecular weight is 1040 g/mol. The normalized spacial score (nSPS) is 11.2. The van der Waals surface area contributed by atoms with E-state index in [4.69, 9.17) is 29.7 Å². The molecule has 0 spiro atoms. The van der Waals surface area contributed by atoms with Crippen LogP contribution in [0.3, 0.4) is 0 Å². The fraction of sp³-hybridized carbons (Fsp3) is 0. The van der Waals surface area contributed by atoms with E-state index >= 15 is 0 Å². The van der Waals surface area contributed by atoms with E-state index in [9.17, 15) is 0 Å². The van der Waals surface area contributed by atoms with E-state index in [2.05, 4.69) is 167 Å². The van der Waals surface area contributed by atoms with Crippen LogP contribution < -0.4 is 4.74 Å². The molecule has 0 aliphatic carbocycles. The third-order valence-electron chi connectivity index (χ3n) is 14.5. The first-order valence-electron chi connectivity index (χ1n) is 26.7. The molecular formula is C72H46N8O. The lowest BCUT2D eigenvalue weighted by Gasteiger charge is -2.17. The molecule has 380 valence electrons. The van der Waals surface area contributed by atoms with Crippen molar-refractivity contribution in [2.75, 3.05) is 0 Å². The minimum atomic E-state index is 0.490. The van der Waals surface area contributed by atoms with Gasteiger partial charge in [-0.3, -0.25) is 15.0 Å². The summed E-state index contributed by atoms with van der Waals surface area (Å²) in [5, 5.41) is 4.50. The van der Waals surface area contributed by atoms with Gasteiger partial charge in [-0.15, -0.1) is 0 Å². The summed E-state index contributed by atoms with van der Waals surface area (Å²) in [6, 6.07) is 84.5. The van der Waals surface area contributed by atoms with Gasteiger partial charge in [-0.2, -0.15) is 0 Å². The first-order chi connectivity index (χ1) is 40.1. The van der Waals surface area contributed by atoms with E-state index in [1.807, 2.05) is 109 Å². The van der Waals surface area contributed by atoms with Crippen molar-refractivity contribution in [2.24, 2.45) is 0 Å². The minimum absolute atomic E-state index is 0.490. The van der Waals surface area contributed by atoms with Crippen molar-refractivity contribution in [1.82, 2.24) is 39.9 Å². The van der Waals surface area contributed by atoms with Crippen LogP contribution in [-0.2, 0) is 0 Å². The second-order valence-corrected chi connectivity index (χ2v) is 19.6. The molecule has 0 aliphatic heterocycles. The molecule has 0 N–H and O–H groups in total. The van der Waals surface area contributed by atoms with Crippen LogP contribution in [0.1, 0.15) is 0 Å². The van der Waals surface area contributed by atoms with Crippen LogP contribution in [0.5, 0.6) is 11.5 Å². The molecule has 0 saturated heterocycles. The average Bonchev–Trinajstić information content (AvgIpc) is 3.69. The van der Waals surface area contributed by atoms with Crippen molar-refractivity contribution < 1.29 is 4.74 Å². The molecule has 5 heterocycles. The standard InChI is InChI=1S/C72H46N8O/c1-3-17-55-45-76-66(42-51(55)15-1)49-32-28-47(29-33-49)58-21-5-8-24-62(58)70-78-71(63-25-9-6-22-59(63)48-30-34-50(35-31-48)67-43-52-16-2-4-18-56(52)46-77-67)80-72(79-70)64-26-10-7-23-60(64)61-37-36-54(69-74-39-14-40-75-69)44-68(61)81-57-20-13-19-53(41-57)65-27-11-12-38-73-65/h1-46H. The lowest BCUT2D eigenvalue weighted by Crippen LogP contribution is -2.03. The molecule has 14 rings (SSSR count). The van der Waals surface area contributed by atoms with Crippen LogP contribution in [0.2, 0.25) is 0 Å².